The predicted molar refractivity (Wildman–Crippen MR) is 71.4 cm³/mol. The molecule has 90 valence electrons. The second-order valence-electron chi connectivity index (χ2n) is 4.61. The molecule has 0 spiro atoms. The van der Waals surface area contributed by atoms with Crippen molar-refractivity contribution >= 4 is 0 Å². The quantitative estimate of drug-likeness (QED) is 0.731. The molecule has 0 aromatic rings. The Hall–Kier alpha value is -1.02. The van der Waals surface area contributed by atoms with Gasteiger partial charge in [-0.3, -0.25) is 0 Å². The number of rotatable bonds is 1. The highest BCUT2D eigenvalue weighted by Crippen LogP contribution is 2.09. The van der Waals surface area contributed by atoms with E-state index in [1.165, 1.54) is 18.4 Å². The summed E-state index contributed by atoms with van der Waals surface area (Å²) in [6, 6.07) is 0.675. The van der Waals surface area contributed by atoms with Crippen LogP contribution >= 0.6 is 0 Å². The van der Waals surface area contributed by atoms with Crippen LogP contribution < -0.4 is 5.32 Å². The lowest BCUT2D eigenvalue weighted by molar-refractivity contribution is 0.265. The molecule has 1 heterocycles. The number of hydrogen-bond donors (Lipinski definition) is 1. The topological polar surface area (TPSA) is 15.3 Å². The molecule has 0 aromatic carbocycles. The van der Waals surface area contributed by atoms with Crippen molar-refractivity contribution in [3.63, 3.8) is 0 Å². The Morgan fingerprint density at radius 3 is 2.88 bits per heavy atom. The molecule has 1 rings (SSSR count). The molecule has 0 saturated carbocycles. The predicted octanol–water partition coefficient (Wildman–Crippen LogP) is 2.71. The lowest BCUT2D eigenvalue weighted by Crippen LogP contribution is -2.30. The zero-order chi connectivity index (χ0) is 11.8. The molecule has 2 heteroatoms. The second-order valence-corrected chi connectivity index (χ2v) is 4.61. The maximum absolute atomic E-state index is 3.33. The standard InChI is InChI=1S/C14H24N2/c1-13-7-4-5-9-14(16(2)3)10-12-15-11-6-8-13/h4,6-8,11,14-15H,5,9-10,12H2,1-3H3/b7-4?,11-6+,13-8?. The molecule has 0 aliphatic carbocycles. The summed E-state index contributed by atoms with van der Waals surface area (Å²) >= 11 is 0. The van der Waals surface area contributed by atoms with Crippen LogP contribution in [0.4, 0.5) is 0 Å². The van der Waals surface area contributed by atoms with Crippen LogP contribution in [-0.2, 0) is 0 Å². The van der Waals surface area contributed by atoms with Crippen LogP contribution in [0.2, 0.25) is 0 Å². The summed E-state index contributed by atoms with van der Waals surface area (Å²) in [6.07, 6.45) is 14.3. The van der Waals surface area contributed by atoms with E-state index in [9.17, 15) is 0 Å². The van der Waals surface area contributed by atoms with Crippen molar-refractivity contribution in [2.24, 2.45) is 0 Å². The van der Waals surface area contributed by atoms with Crippen molar-refractivity contribution in [2.45, 2.75) is 32.2 Å². The average Bonchev–Trinajstić information content (AvgIpc) is 2.22. The van der Waals surface area contributed by atoms with E-state index < -0.39 is 0 Å². The highest BCUT2D eigenvalue weighted by atomic mass is 15.1. The van der Waals surface area contributed by atoms with Gasteiger partial charge in [-0.15, -0.1) is 0 Å². The van der Waals surface area contributed by atoms with Gasteiger partial charge in [-0.1, -0.05) is 23.8 Å². The van der Waals surface area contributed by atoms with Gasteiger partial charge >= 0.3 is 0 Å². The normalized spacial score (nSPS) is 25.2. The summed E-state index contributed by atoms with van der Waals surface area (Å²) in [5.41, 5.74) is 1.31. The molecule has 0 fully saturated rings. The Morgan fingerprint density at radius 2 is 2.12 bits per heavy atom. The summed E-state index contributed by atoms with van der Waals surface area (Å²) in [6.45, 7) is 3.19. The van der Waals surface area contributed by atoms with Crippen molar-refractivity contribution in [3.05, 3.63) is 36.1 Å². The van der Waals surface area contributed by atoms with Crippen molar-refractivity contribution in [2.75, 3.05) is 20.6 Å². The van der Waals surface area contributed by atoms with E-state index in [1.54, 1.807) is 0 Å². The first kappa shape index (κ1) is 13.0. The van der Waals surface area contributed by atoms with E-state index in [1.807, 2.05) is 6.20 Å². The minimum absolute atomic E-state index is 0.675. The Bertz CT molecular complexity index is 274. The monoisotopic (exact) mass is 220 g/mol. The molecular weight excluding hydrogens is 196 g/mol. The maximum atomic E-state index is 3.33. The molecule has 1 aliphatic rings. The van der Waals surface area contributed by atoms with Gasteiger partial charge in [0.1, 0.15) is 0 Å². The molecule has 1 unspecified atom stereocenters. The number of nitrogens with one attached hydrogen (secondary N) is 1. The minimum Gasteiger partial charge on any atom is -0.391 e. The highest BCUT2D eigenvalue weighted by Gasteiger charge is 2.09. The SMILES string of the molecule is CC1=C/C=C/NCCC(N(C)C)CCC=C1. The van der Waals surface area contributed by atoms with E-state index in [0.717, 1.165) is 13.0 Å². The fraction of sp³-hybridized carbons (Fsp3) is 0.571. The molecule has 0 aromatic heterocycles. The first-order valence-electron chi connectivity index (χ1n) is 6.10. The molecule has 0 radical (unpaired) electrons. The molecule has 0 amide bonds. The molecule has 2 nitrogen and oxygen atoms in total. The van der Waals surface area contributed by atoms with Crippen molar-refractivity contribution in [1.82, 2.24) is 10.2 Å². The number of hydrogen-bond acceptors (Lipinski definition) is 2. The number of nitrogens with zero attached hydrogens (tertiary/aromatic N) is 1. The van der Waals surface area contributed by atoms with Crippen molar-refractivity contribution in [3.8, 4) is 0 Å². The zero-order valence-corrected chi connectivity index (χ0v) is 10.7. The summed E-state index contributed by atoms with van der Waals surface area (Å²) in [4.78, 5) is 2.33. The van der Waals surface area contributed by atoms with Gasteiger partial charge in [-0.25, -0.2) is 0 Å². The molecule has 1 aliphatic heterocycles. The fourth-order valence-electron chi connectivity index (χ4n) is 1.88. The smallest absolute Gasteiger partial charge is 0.0156 e. The van der Waals surface area contributed by atoms with E-state index in [-0.39, 0.29) is 0 Å². The van der Waals surface area contributed by atoms with Crippen LogP contribution in [0, 0.1) is 0 Å². The molecular formula is C14H24N2. The van der Waals surface area contributed by atoms with Gasteiger partial charge in [-0.05, 0) is 52.6 Å². The lowest BCUT2D eigenvalue weighted by atomic mass is 10.1. The van der Waals surface area contributed by atoms with E-state index >= 15 is 0 Å². The third-order valence-corrected chi connectivity index (χ3v) is 2.97. The molecule has 0 bridgehead atoms. The summed E-state index contributed by atoms with van der Waals surface area (Å²) in [5, 5.41) is 3.33. The Kier molecular flexibility index (Phi) is 5.94. The third kappa shape index (κ3) is 5.17. The van der Waals surface area contributed by atoms with Gasteiger partial charge in [0, 0.05) is 12.6 Å². The van der Waals surface area contributed by atoms with E-state index in [0.29, 0.717) is 6.04 Å². The maximum Gasteiger partial charge on any atom is 0.0156 e. The van der Waals surface area contributed by atoms with Crippen LogP contribution in [0.15, 0.2) is 36.1 Å². The van der Waals surface area contributed by atoms with Gasteiger partial charge < -0.3 is 10.2 Å². The Labute approximate surface area is 99.7 Å². The van der Waals surface area contributed by atoms with Crippen LogP contribution in [0.3, 0.4) is 0 Å². The largest absolute Gasteiger partial charge is 0.391 e. The second kappa shape index (κ2) is 7.29. The lowest BCUT2D eigenvalue weighted by Gasteiger charge is -2.23. The van der Waals surface area contributed by atoms with E-state index in [2.05, 4.69) is 55.5 Å². The van der Waals surface area contributed by atoms with Gasteiger partial charge in [0.05, 0.1) is 0 Å². The molecule has 16 heavy (non-hydrogen) atoms. The Morgan fingerprint density at radius 1 is 1.31 bits per heavy atom. The average molecular weight is 220 g/mol. The van der Waals surface area contributed by atoms with Crippen molar-refractivity contribution in [1.29, 1.82) is 0 Å². The van der Waals surface area contributed by atoms with Crippen LogP contribution in [0.25, 0.3) is 0 Å². The molecule has 1 atom stereocenters. The summed E-state index contributed by atoms with van der Waals surface area (Å²) in [7, 11) is 4.34. The van der Waals surface area contributed by atoms with Gasteiger partial charge in [0.25, 0.3) is 0 Å². The van der Waals surface area contributed by atoms with Gasteiger partial charge in [-0.2, -0.15) is 0 Å². The van der Waals surface area contributed by atoms with Crippen LogP contribution in [0.5, 0.6) is 0 Å². The van der Waals surface area contributed by atoms with Crippen LogP contribution in [-0.4, -0.2) is 31.6 Å². The van der Waals surface area contributed by atoms with Gasteiger partial charge in [0.2, 0.25) is 0 Å². The zero-order valence-electron chi connectivity index (χ0n) is 10.7. The van der Waals surface area contributed by atoms with E-state index in [4.69, 9.17) is 0 Å². The fourth-order valence-corrected chi connectivity index (χ4v) is 1.88. The molecule has 0 saturated heterocycles. The molecule has 1 N–H and O–H groups in total. The third-order valence-electron chi connectivity index (χ3n) is 2.97. The van der Waals surface area contributed by atoms with Crippen molar-refractivity contribution < 1.29 is 0 Å². The highest BCUT2D eigenvalue weighted by molar-refractivity contribution is 5.21. The Balaban J connectivity index is 2.58. The van der Waals surface area contributed by atoms with Gasteiger partial charge in [0.15, 0.2) is 0 Å². The van der Waals surface area contributed by atoms with Crippen LogP contribution in [0.1, 0.15) is 26.2 Å². The summed E-state index contributed by atoms with van der Waals surface area (Å²) < 4.78 is 0. The first-order valence-corrected chi connectivity index (χ1v) is 6.10. The summed E-state index contributed by atoms with van der Waals surface area (Å²) in [5.74, 6) is 0. The first-order chi connectivity index (χ1) is 7.70. The minimum atomic E-state index is 0.675. The number of allylic oxidation sites excluding steroid dienone is 5.